The third-order valence-corrected chi connectivity index (χ3v) is 5.49. The number of hydrogen-bond donors (Lipinski definition) is 0. The zero-order valence-corrected chi connectivity index (χ0v) is 12.5. The Balaban J connectivity index is 2.22. The van der Waals surface area contributed by atoms with Crippen molar-refractivity contribution in [3.05, 3.63) is 23.9 Å². The van der Waals surface area contributed by atoms with Crippen LogP contribution in [0.3, 0.4) is 0 Å². The standard InChI is InChI=1S/C12H14ClF3N2O2S/c13-6-9-3-4-11(17-7-9)21(19,20)18-5-1-2-10(8-18)12(14,15)16/h3-4,7,10H,1-2,5-6,8H2. The Morgan fingerprint density at radius 3 is 2.62 bits per heavy atom. The molecule has 1 atom stereocenters. The lowest BCUT2D eigenvalue weighted by atomic mass is 9.99. The Morgan fingerprint density at radius 2 is 2.10 bits per heavy atom. The number of sulfonamides is 1. The molecule has 1 aliphatic rings. The van der Waals surface area contributed by atoms with E-state index in [2.05, 4.69) is 4.98 Å². The first-order valence-electron chi connectivity index (χ1n) is 6.33. The lowest BCUT2D eigenvalue weighted by molar-refractivity contribution is -0.182. The van der Waals surface area contributed by atoms with Crippen molar-refractivity contribution in [2.75, 3.05) is 13.1 Å². The summed E-state index contributed by atoms with van der Waals surface area (Å²) in [6.07, 6.45) is -2.94. The number of rotatable bonds is 3. The molecule has 1 saturated heterocycles. The second kappa shape index (κ2) is 6.10. The molecular formula is C12H14ClF3N2O2S. The van der Waals surface area contributed by atoms with E-state index >= 15 is 0 Å². The van der Waals surface area contributed by atoms with E-state index in [1.54, 1.807) is 0 Å². The molecule has 1 fully saturated rings. The highest BCUT2D eigenvalue weighted by atomic mass is 35.5. The van der Waals surface area contributed by atoms with Crippen LogP contribution >= 0.6 is 11.6 Å². The van der Waals surface area contributed by atoms with E-state index in [0.29, 0.717) is 5.56 Å². The molecule has 2 heterocycles. The number of pyridine rings is 1. The normalized spacial score (nSPS) is 21.4. The molecule has 21 heavy (non-hydrogen) atoms. The van der Waals surface area contributed by atoms with Crippen LogP contribution in [0, 0.1) is 5.92 Å². The summed E-state index contributed by atoms with van der Waals surface area (Å²) in [4.78, 5) is 3.79. The number of piperidine rings is 1. The molecule has 0 aromatic carbocycles. The third-order valence-electron chi connectivity index (χ3n) is 3.40. The lowest BCUT2D eigenvalue weighted by Gasteiger charge is -2.32. The van der Waals surface area contributed by atoms with Crippen LogP contribution in [0.4, 0.5) is 13.2 Å². The van der Waals surface area contributed by atoms with E-state index < -0.39 is 28.7 Å². The highest BCUT2D eigenvalue weighted by Crippen LogP contribution is 2.34. The average molecular weight is 343 g/mol. The molecule has 0 radical (unpaired) electrons. The summed E-state index contributed by atoms with van der Waals surface area (Å²) in [5, 5.41) is -0.251. The molecule has 0 spiro atoms. The molecule has 2 rings (SSSR count). The topological polar surface area (TPSA) is 50.3 Å². The maximum Gasteiger partial charge on any atom is 0.393 e. The molecule has 1 aliphatic heterocycles. The zero-order valence-electron chi connectivity index (χ0n) is 11.0. The zero-order chi connectivity index (χ0) is 15.7. The summed E-state index contributed by atoms with van der Waals surface area (Å²) in [7, 11) is -4.00. The summed E-state index contributed by atoms with van der Waals surface area (Å²) < 4.78 is 63.8. The number of nitrogens with zero attached hydrogens (tertiary/aromatic N) is 2. The van der Waals surface area contributed by atoms with Crippen molar-refractivity contribution >= 4 is 21.6 Å². The fourth-order valence-corrected chi connectivity index (χ4v) is 3.80. The van der Waals surface area contributed by atoms with Crippen molar-refractivity contribution in [3.63, 3.8) is 0 Å². The summed E-state index contributed by atoms with van der Waals surface area (Å²) in [5.74, 6) is -1.43. The van der Waals surface area contributed by atoms with Gasteiger partial charge in [0.1, 0.15) is 0 Å². The van der Waals surface area contributed by atoms with Crippen molar-refractivity contribution in [1.29, 1.82) is 0 Å². The van der Waals surface area contributed by atoms with Gasteiger partial charge in [0.2, 0.25) is 0 Å². The predicted octanol–water partition coefficient (Wildman–Crippen LogP) is 2.78. The fraction of sp³-hybridized carbons (Fsp3) is 0.583. The Morgan fingerprint density at radius 1 is 1.38 bits per heavy atom. The molecule has 0 amide bonds. The van der Waals surface area contributed by atoms with E-state index in [9.17, 15) is 21.6 Å². The number of halogens is 4. The SMILES string of the molecule is O=S(=O)(c1ccc(CCl)cn1)N1CCCC(C(F)(F)F)C1. The average Bonchev–Trinajstić information content (AvgIpc) is 2.46. The Labute approximate surface area is 126 Å². The van der Waals surface area contributed by atoms with Gasteiger partial charge in [-0.15, -0.1) is 11.6 Å². The molecule has 9 heteroatoms. The van der Waals surface area contributed by atoms with Crippen LogP contribution in [-0.2, 0) is 15.9 Å². The van der Waals surface area contributed by atoms with Gasteiger partial charge < -0.3 is 0 Å². The maximum atomic E-state index is 12.8. The van der Waals surface area contributed by atoms with Crippen LogP contribution in [0.5, 0.6) is 0 Å². The van der Waals surface area contributed by atoms with E-state index in [1.807, 2.05) is 0 Å². The first-order chi connectivity index (χ1) is 9.75. The predicted molar refractivity (Wildman–Crippen MR) is 71.3 cm³/mol. The number of hydrogen-bond acceptors (Lipinski definition) is 3. The highest BCUT2D eigenvalue weighted by molar-refractivity contribution is 7.89. The van der Waals surface area contributed by atoms with Gasteiger partial charge >= 0.3 is 6.18 Å². The largest absolute Gasteiger partial charge is 0.393 e. The summed E-state index contributed by atoms with van der Waals surface area (Å²) >= 11 is 5.59. The van der Waals surface area contributed by atoms with Crippen LogP contribution < -0.4 is 0 Å². The monoisotopic (exact) mass is 342 g/mol. The Bertz CT molecular complexity index is 590. The van der Waals surface area contributed by atoms with Crippen molar-refractivity contribution < 1.29 is 21.6 Å². The minimum Gasteiger partial charge on any atom is -0.243 e. The van der Waals surface area contributed by atoms with Gasteiger partial charge in [-0.2, -0.15) is 17.5 Å². The molecule has 0 saturated carbocycles. The van der Waals surface area contributed by atoms with E-state index in [-0.39, 0.29) is 30.3 Å². The van der Waals surface area contributed by atoms with Gasteiger partial charge in [-0.1, -0.05) is 6.07 Å². The van der Waals surface area contributed by atoms with E-state index in [0.717, 1.165) is 4.31 Å². The van der Waals surface area contributed by atoms with Crippen LogP contribution in [0.1, 0.15) is 18.4 Å². The van der Waals surface area contributed by atoms with Crippen LogP contribution in [0.25, 0.3) is 0 Å². The molecule has 118 valence electrons. The van der Waals surface area contributed by atoms with Crippen LogP contribution in [0.2, 0.25) is 0 Å². The van der Waals surface area contributed by atoms with E-state index in [4.69, 9.17) is 11.6 Å². The van der Waals surface area contributed by atoms with Crippen molar-refractivity contribution in [3.8, 4) is 0 Å². The summed E-state index contributed by atoms with van der Waals surface area (Å²) in [6, 6.07) is 2.77. The minimum atomic E-state index is -4.38. The highest BCUT2D eigenvalue weighted by Gasteiger charge is 2.44. The van der Waals surface area contributed by atoms with Crippen LogP contribution in [-0.4, -0.2) is 37.0 Å². The second-order valence-electron chi connectivity index (χ2n) is 4.88. The Hall–Kier alpha value is -0.860. The molecule has 1 aromatic heterocycles. The van der Waals surface area contributed by atoms with Gasteiger partial charge in [-0.25, -0.2) is 13.4 Å². The molecule has 4 nitrogen and oxygen atoms in total. The summed E-state index contributed by atoms with van der Waals surface area (Å²) in [5.41, 5.74) is 0.641. The third kappa shape index (κ3) is 3.67. The maximum absolute atomic E-state index is 12.8. The number of alkyl halides is 4. The molecule has 0 N–H and O–H groups in total. The van der Waals surface area contributed by atoms with Gasteiger partial charge in [0.25, 0.3) is 10.0 Å². The van der Waals surface area contributed by atoms with Crippen LogP contribution in [0.15, 0.2) is 23.4 Å². The van der Waals surface area contributed by atoms with E-state index in [1.165, 1.54) is 18.3 Å². The van der Waals surface area contributed by atoms with Gasteiger partial charge in [0.05, 0.1) is 5.92 Å². The molecule has 1 unspecified atom stereocenters. The van der Waals surface area contributed by atoms with Crippen molar-refractivity contribution in [1.82, 2.24) is 9.29 Å². The minimum absolute atomic E-state index is 0.0475. The first-order valence-corrected chi connectivity index (χ1v) is 8.30. The van der Waals surface area contributed by atoms with Gasteiger partial charge in [-0.3, -0.25) is 0 Å². The van der Waals surface area contributed by atoms with Crippen molar-refractivity contribution in [2.24, 2.45) is 5.92 Å². The molecule has 0 aliphatic carbocycles. The smallest absolute Gasteiger partial charge is 0.243 e. The second-order valence-corrected chi connectivity index (χ2v) is 7.03. The van der Waals surface area contributed by atoms with Gasteiger partial charge in [-0.05, 0) is 24.5 Å². The molecule has 1 aromatic rings. The molecular weight excluding hydrogens is 329 g/mol. The molecule has 0 bridgehead atoms. The number of aromatic nitrogens is 1. The first kappa shape index (κ1) is 16.5. The lowest BCUT2D eigenvalue weighted by Crippen LogP contribution is -2.44. The van der Waals surface area contributed by atoms with Crippen molar-refractivity contribution in [2.45, 2.75) is 29.9 Å². The van der Waals surface area contributed by atoms with Gasteiger partial charge in [0, 0.05) is 25.2 Å². The van der Waals surface area contributed by atoms with Gasteiger partial charge in [0.15, 0.2) is 5.03 Å². The fourth-order valence-electron chi connectivity index (χ4n) is 2.20. The Kier molecular flexibility index (Phi) is 4.79. The summed E-state index contributed by atoms with van der Waals surface area (Å²) in [6.45, 7) is -0.474. The quantitative estimate of drug-likeness (QED) is 0.794.